The molecule has 4 rings (SSSR count). The third kappa shape index (κ3) is 4.38. The van der Waals surface area contributed by atoms with Gasteiger partial charge < -0.3 is 18.9 Å². The average Bonchev–Trinajstić information content (AvgIpc) is 3.00. The van der Waals surface area contributed by atoms with Crippen molar-refractivity contribution in [1.82, 2.24) is 4.98 Å². The summed E-state index contributed by atoms with van der Waals surface area (Å²) < 4.78 is 22.3. The number of hydrogen-bond donors (Lipinski definition) is 0. The summed E-state index contributed by atoms with van der Waals surface area (Å²) in [6.07, 6.45) is 1.76. The molecule has 0 atom stereocenters. The van der Waals surface area contributed by atoms with Crippen LogP contribution in [0, 0.1) is 5.92 Å². The van der Waals surface area contributed by atoms with Crippen molar-refractivity contribution < 1.29 is 18.9 Å². The van der Waals surface area contributed by atoms with Crippen LogP contribution in [-0.2, 0) is 9.47 Å². The minimum Gasteiger partial charge on any atom is -0.493 e. The lowest BCUT2D eigenvalue weighted by Gasteiger charge is -2.15. The van der Waals surface area contributed by atoms with Crippen LogP contribution in [0.3, 0.4) is 0 Å². The third-order valence-electron chi connectivity index (χ3n) is 4.65. The van der Waals surface area contributed by atoms with Crippen LogP contribution in [0.25, 0.3) is 21.9 Å². The Balaban J connectivity index is 1.53. The number of hydrogen-bond acceptors (Lipinski definition) is 5. The predicted octanol–water partition coefficient (Wildman–Crippen LogP) is 3.95. The fourth-order valence-electron chi connectivity index (χ4n) is 3.17. The van der Waals surface area contributed by atoms with Crippen molar-refractivity contribution in [1.29, 1.82) is 0 Å². The van der Waals surface area contributed by atoms with E-state index in [1.165, 1.54) is 5.39 Å². The minimum absolute atomic E-state index is 0.263. The largest absolute Gasteiger partial charge is 0.493 e. The van der Waals surface area contributed by atoms with Crippen LogP contribution in [0.15, 0.2) is 54.7 Å². The molecule has 140 valence electrons. The third-order valence-corrected chi connectivity index (χ3v) is 4.65. The van der Waals surface area contributed by atoms with Crippen molar-refractivity contribution in [2.75, 3.05) is 40.1 Å². The van der Waals surface area contributed by atoms with Crippen molar-refractivity contribution in [3.8, 4) is 22.8 Å². The molecule has 0 saturated carbocycles. The molecular formula is C22H23NO4. The number of rotatable bonds is 5. The first-order valence-corrected chi connectivity index (χ1v) is 9.14. The lowest BCUT2D eigenvalue weighted by atomic mass is 10.0. The summed E-state index contributed by atoms with van der Waals surface area (Å²) in [7, 11) is 1.63. The molecule has 5 nitrogen and oxygen atoms in total. The summed E-state index contributed by atoms with van der Waals surface area (Å²) in [6.45, 7) is 3.28. The molecule has 0 N–H and O–H groups in total. The molecule has 1 aliphatic rings. The topological polar surface area (TPSA) is 49.8 Å². The zero-order valence-corrected chi connectivity index (χ0v) is 15.4. The van der Waals surface area contributed by atoms with Crippen LogP contribution in [-0.4, -0.2) is 45.1 Å². The van der Waals surface area contributed by atoms with E-state index in [0.717, 1.165) is 22.3 Å². The highest BCUT2D eigenvalue weighted by Crippen LogP contribution is 2.28. The predicted molar refractivity (Wildman–Crippen MR) is 104 cm³/mol. The second-order valence-electron chi connectivity index (χ2n) is 6.64. The highest BCUT2D eigenvalue weighted by atomic mass is 16.5. The maximum atomic E-state index is 6.00. The summed E-state index contributed by atoms with van der Waals surface area (Å²) in [5, 5.41) is 2.31. The molecule has 3 aromatic rings. The van der Waals surface area contributed by atoms with Crippen molar-refractivity contribution in [3.05, 3.63) is 54.7 Å². The van der Waals surface area contributed by atoms with Crippen molar-refractivity contribution >= 4 is 10.8 Å². The Labute approximate surface area is 158 Å². The van der Waals surface area contributed by atoms with Gasteiger partial charge >= 0.3 is 0 Å². The maximum Gasteiger partial charge on any atom is 0.213 e. The molecule has 0 unspecified atom stereocenters. The molecule has 0 amide bonds. The van der Waals surface area contributed by atoms with Gasteiger partial charge in [-0.05, 0) is 46.2 Å². The Morgan fingerprint density at radius 1 is 0.926 bits per heavy atom. The van der Waals surface area contributed by atoms with Crippen molar-refractivity contribution in [3.63, 3.8) is 0 Å². The van der Waals surface area contributed by atoms with Crippen LogP contribution in [0.1, 0.15) is 0 Å². The Bertz CT molecular complexity index is 904. The molecule has 0 spiro atoms. The zero-order chi connectivity index (χ0) is 18.5. The number of fused-ring (bicyclic) bond motifs is 1. The standard InChI is InChI=1S/C22H23NO4/c1-24-22-12-19(6-7-23-22)18-3-2-17-4-5-21(11-20(17)10-18)27-15-16-13-25-8-9-26-14-16/h2-7,10-12,16H,8-9,13-15H2,1H3. The number of aromatic nitrogens is 1. The highest BCUT2D eigenvalue weighted by molar-refractivity contribution is 5.88. The van der Waals surface area contributed by atoms with Gasteiger partial charge in [-0.25, -0.2) is 4.98 Å². The molecular weight excluding hydrogens is 342 g/mol. The van der Waals surface area contributed by atoms with E-state index in [2.05, 4.69) is 35.3 Å². The second kappa shape index (κ2) is 8.37. The molecule has 1 saturated heterocycles. The Morgan fingerprint density at radius 3 is 2.52 bits per heavy atom. The molecule has 2 heterocycles. The summed E-state index contributed by atoms with van der Waals surface area (Å²) in [4.78, 5) is 4.17. The first-order valence-electron chi connectivity index (χ1n) is 9.14. The monoisotopic (exact) mass is 365 g/mol. The van der Waals surface area contributed by atoms with Gasteiger partial charge in [0.15, 0.2) is 0 Å². The molecule has 1 aromatic heterocycles. The van der Waals surface area contributed by atoms with E-state index in [-0.39, 0.29) is 5.92 Å². The fraction of sp³-hybridized carbons (Fsp3) is 0.318. The number of pyridine rings is 1. The van der Waals surface area contributed by atoms with Gasteiger partial charge in [-0.15, -0.1) is 0 Å². The van der Waals surface area contributed by atoms with Gasteiger partial charge in [0.1, 0.15) is 5.75 Å². The second-order valence-corrected chi connectivity index (χ2v) is 6.64. The van der Waals surface area contributed by atoms with E-state index in [9.17, 15) is 0 Å². The van der Waals surface area contributed by atoms with E-state index in [4.69, 9.17) is 18.9 Å². The van der Waals surface area contributed by atoms with Gasteiger partial charge in [0.25, 0.3) is 0 Å². The summed E-state index contributed by atoms with van der Waals surface area (Å²) in [5.41, 5.74) is 2.19. The average molecular weight is 365 g/mol. The molecule has 1 aliphatic heterocycles. The van der Waals surface area contributed by atoms with Crippen LogP contribution >= 0.6 is 0 Å². The molecule has 0 bridgehead atoms. The first kappa shape index (κ1) is 17.8. The summed E-state index contributed by atoms with van der Waals surface area (Å²) >= 11 is 0. The molecule has 27 heavy (non-hydrogen) atoms. The van der Waals surface area contributed by atoms with E-state index in [0.29, 0.717) is 38.9 Å². The smallest absolute Gasteiger partial charge is 0.213 e. The van der Waals surface area contributed by atoms with Crippen molar-refractivity contribution in [2.24, 2.45) is 5.92 Å². The number of ether oxygens (including phenoxy) is 4. The summed E-state index contributed by atoms with van der Waals surface area (Å²) in [6, 6.07) is 16.5. The first-order chi connectivity index (χ1) is 13.3. The Kier molecular flexibility index (Phi) is 5.51. The van der Waals surface area contributed by atoms with Gasteiger partial charge in [-0.3, -0.25) is 0 Å². The molecule has 1 fully saturated rings. The van der Waals surface area contributed by atoms with Gasteiger partial charge in [-0.2, -0.15) is 0 Å². The number of benzene rings is 2. The minimum atomic E-state index is 0.263. The van der Waals surface area contributed by atoms with Crippen molar-refractivity contribution in [2.45, 2.75) is 0 Å². The SMILES string of the molecule is COc1cc(-c2ccc3ccc(OCC4COCCOC4)cc3c2)ccn1. The van der Waals surface area contributed by atoms with Gasteiger partial charge in [0.05, 0.1) is 40.1 Å². The zero-order valence-electron chi connectivity index (χ0n) is 15.4. The number of methoxy groups -OCH3 is 1. The number of nitrogens with zero attached hydrogens (tertiary/aromatic N) is 1. The maximum absolute atomic E-state index is 6.00. The van der Waals surface area contributed by atoms with E-state index in [1.807, 2.05) is 18.2 Å². The van der Waals surface area contributed by atoms with Crippen LogP contribution in [0.4, 0.5) is 0 Å². The Hall–Kier alpha value is -2.63. The summed E-state index contributed by atoms with van der Waals surface area (Å²) in [5.74, 6) is 1.73. The normalized spacial score (nSPS) is 15.4. The quantitative estimate of drug-likeness (QED) is 0.685. The van der Waals surface area contributed by atoms with E-state index in [1.54, 1.807) is 13.3 Å². The Morgan fingerprint density at radius 2 is 1.70 bits per heavy atom. The van der Waals surface area contributed by atoms with Gasteiger partial charge in [0, 0.05) is 18.2 Å². The molecule has 0 radical (unpaired) electrons. The van der Waals surface area contributed by atoms with Gasteiger partial charge in [-0.1, -0.05) is 18.2 Å². The lowest BCUT2D eigenvalue weighted by molar-refractivity contribution is 0.101. The molecule has 5 heteroatoms. The van der Waals surface area contributed by atoms with Crippen LogP contribution in [0.2, 0.25) is 0 Å². The van der Waals surface area contributed by atoms with E-state index < -0.39 is 0 Å². The lowest BCUT2D eigenvalue weighted by Crippen LogP contribution is -2.20. The fourth-order valence-corrected chi connectivity index (χ4v) is 3.17. The van der Waals surface area contributed by atoms with Gasteiger partial charge in [0.2, 0.25) is 5.88 Å². The molecule has 2 aromatic carbocycles. The molecule has 0 aliphatic carbocycles. The highest BCUT2D eigenvalue weighted by Gasteiger charge is 2.14. The van der Waals surface area contributed by atoms with Crippen LogP contribution < -0.4 is 9.47 Å². The van der Waals surface area contributed by atoms with Crippen LogP contribution in [0.5, 0.6) is 11.6 Å². The van der Waals surface area contributed by atoms with E-state index >= 15 is 0 Å².